The minimum absolute atomic E-state index is 0.194. The van der Waals surface area contributed by atoms with Gasteiger partial charge in [-0.2, -0.15) is 0 Å². The molecule has 1 aromatic rings. The van der Waals surface area contributed by atoms with Crippen molar-refractivity contribution in [1.82, 2.24) is 0 Å². The van der Waals surface area contributed by atoms with Gasteiger partial charge in [0.1, 0.15) is 5.75 Å². The lowest BCUT2D eigenvalue weighted by Gasteiger charge is -2.04. The molecule has 0 aromatic heterocycles. The van der Waals surface area contributed by atoms with Gasteiger partial charge in [0.25, 0.3) is 0 Å². The molecule has 11 heavy (non-hydrogen) atoms. The number of rotatable bonds is 1. The smallest absolute Gasteiger partial charge is 0.118 e. The number of phenolic OH excluding ortho intramolecular Hbond substituents is 1. The van der Waals surface area contributed by atoms with Crippen LogP contribution in [0.15, 0.2) is 16.6 Å². The Morgan fingerprint density at radius 3 is 2.64 bits per heavy atom. The maximum atomic E-state index is 9.10. The normalized spacial score (nSPS) is 10.1. The number of aromatic hydroxyl groups is 1. The van der Waals surface area contributed by atoms with Crippen LogP contribution in [0.25, 0.3) is 0 Å². The van der Waals surface area contributed by atoms with Crippen LogP contribution < -0.4 is 0 Å². The zero-order valence-electron chi connectivity index (χ0n) is 6.06. The van der Waals surface area contributed by atoms with E-state index in [1.807, 2.05) is 6.92 Å². The number of hydrogen-bond donors (Lipinski definition) is 1. The van der Waals surface area contributed by atoms with Crippen LogP contribution in [-0.4, -0.2) is 5.11 Å². The van der Waals surface area contributed by atoms with Crippen LogP contribution in [0.2, 0.25) is 5.02 Å². The van der Waals surface area contributed by atoms with Crippen molar-refractivity contribution in [2.24, 2.45) is 0 Å². The molecule has 0 bridgehead atoms. The van der Waals surface area contributed by atoms with Crippen LogP contribution in [-0.2, 0) is 6.42 Å². The first-order chi connectivity index (χ1) is 5.15. The molecule has 0 saturated carbocycles. The van der Waals surface area contributed by atoms with E-state index in [4.69, 9.17) is 16.7 Å². The van der Waals surface area contributed by atoms with Gasteiger partial charge in [-0.3, -0.25) is 0 Å². The van der Waals surface area contributed by atoms with Crippen molar-refractivity contribution in [2.75, 3.05) is 0 Å². The van der Waals surface area contributed by atoms with Gasteiger partial charge >= 0.3 is 0 Å². The highest BCUT2D eigenvalue weighted by molar-refractivity contribution is 9.10. The maximum Gasteiger partial charge on any atom is 0.118 e. The molecule has 0 atom stereocenters. The minimum Gasteiger partial charge on any atom is -0.508 e. The molecule has 0 heterocycles. The molecule has 3 heteroatoms. The van der Waals surface area contributed by atoms with Gasteiger partial charge in [0.05, 0.1) is 0 Å². The van der Waals surface area contributed by atoms with Crippen molar-refractivity contribution in [2.45, 2.75) is 13.3 Å². The van der Waals surface area contributed by atoms with Gasteiger partial charge in [0.15, 0.2) is 0 Å². The Hall–Kier alpha value is -0.210. The Bertz CT molecular complexity index is 250. The molecule has 0 radical (unpaired) electrons. The second kappa shape index (κ2) is 3.46. The molecule has 0 spiro atoms. The predicted molar refractivity (Wildman–Crippen MR) is 50.2 cm³/mol. The summed E-state index contributed by atoms with van der Waals surface area (Å²) >= 11 is 9.16. The third kappa shape index (κ3) is 1.88. The lowest BCUT2D eigenvalue weighted by atomic mass is 10.2. The van der Waals surface area contributed by atoms with Crippen molar-refractivity contribution in [3.05, 3.63) is 27.2 Å². The third-order valence-corrected chi connectivity index (χ3v) is 2.52. The van der Waals surface area contributed by atoms with Gasteiger partial charge in [-0.25, -0.2) is 0 Å². The molecule has 1 rings (SSSR count). The Balaban J connectivity index is 3.25. The van der Waals surface area contributed by atoms with Crippen molar-refractivity contribution in [3.8, 4) is 5.75 Å². The average Bonchev–Trinajstić information content (AvgIpc) is 1.85. The Morgan fingerprint density at radius 1 is 1.55 bits per heavy atom. The molecule has 1 N–H and O–H groups in total. The summed E-state index contributed by atoms with van der Waals surface area (Å²) in [5.74, 6) is 0.194. The van der Waals surface area contributed by atoms with Crippen molar-refractivity contribution in [3.63, 3.8) is 0 Å². The van der Waals surface area contributed by atoms with E-state index in [2.05, 4.69) is 15.9 Å². The number of halogens is 2. The largest absolute Gasteiger partial charge is 0.508 e. The van der Waals surface area contributed by atoms with Crippen molar-refractivity contribution < 1.29 is 5.11 Å². The van der Waals surface area contributed by atoms with Gasteiger partial charge in [0, 0.05) is 9.50 Å². The van der Waals surface area contributed by atoms with Crippen LogP contribution >= 0.6 is 27.5 Å². The van der Waals surface area contributed by atoms with Crippen LogP contribution in [0, 0.1) is 0 Å². The molecule has 60 valence electrons. The van der Waals surface area contributed by atoms with E-state index in [0.29, 0.717) is 5.02 Å². The first-order valence-electron chi connectivity index (χ1n) is 3.32. The monoisotopic (exact) mass is 234 g/mol. The second-order valence-corrected chi connectivity index (χ2v) is 3.50. The molecular formula is C8H8BrClO. The average molecular weight is 236 g/mol. The molecular weight excluding hydrogens is 227 g/mol. The molecule has 0 saturated heterocycles. The highest BCUT2D eigenvalue weighted by Crippen LogP contribution is 2.29. The minimum atomic E-state index is 0.194. The molecule has 0 fully saturated rings. The van der Waals surface area contributed by atoms with Crippen LogP contribution in [0.1, 0.15) is 12.5 Å². The Labute approximate surface area is 79.1 Å². The summed E-state index contributed by atoms with van der Waals surface area (Å²) in [6, 6.07) is 3.19. The van der Waals surface area contributed by atoms with Gasteiger partial charge in [0.2, 0.25) is 0 Å². The van der Waals surface area contributed by atoms with Crippen LogP contribution in [0.3, 0.4) is 0 Å². The quantitative estimate of drug-likeness (QED) is 0.791. The number of hydrogen-bond acceptors (Lipinski definition) is 1. The molecule has 1 nitrogen and oxygen atoms in total. The fourth-order valence-electron chi connectivity index (χ4n) is 0.927. The molecule has 0 aliphatic rings. The van der Waals surface area contributed by atoms with E-state index in [1.165, 1.54) is 0 Å². The summed E-state index contributed by atoms with van der Waals surface area (Å²) in [4.78, 5) is 0. The summed E-state index contributed by atoms with van der Waals surface area (Å²) in [7, 11) is 0. The zero-order chi connectivity index (χ0) is 8.43. The highest BCUT2D eigenvalue weighted by Gasteiger charge is 2.04. The summed E-state index contributed by atoms with van der Waals surface area (Å²) < 4.78 is 0.866. The van der Waals surface area contributed by atoms with Gasteiger partial charge in [-0.1, -0.05) is 34.5 Å². The molecule has 1 aromatic carbocycles. The lowest BCUT2D eigenvalue weighted by molar-refractivity contribution is 0.474. The number of benzene rings is 1. The standard InChI is InChI=1S/C8H8BrClO/c1-2-6-7(9)3-5(11)4-8(6)10/h3-4,11H,2H2,1H3. The maximum absolute atomic E-state index is 9.10. The van der Waals surface area contributed by atoms with Crippen LogP contribution in [0.5, 0.6) is 5.75 Å². The second-order valence-electron chi connectivity index (χ2n) is 2.24. The highest BCUT2D eigenvalue weighted by atomic mass is 79.9. The van der Waals surface area contributed by atoms with E-state index in [1.54, 1.807) is 12.1 Å². The Morgan fingerprint density at radius 2 is 2.18 bits per heavy atom. The molecule has 0 amide bonds. The zero-order valence-corrected chi connectivity index (χ0v) is 8.41. The fourth-order valence-corrected chi connectivity index (χ4v) is 2.12. The summed E-state index contributed by atoms with van der Waals surface area (Å²) in [6.07, 6.45) is 0.861. The third-order valence-electron chi connectivity index (χ3n) is 1.48. The van der Waals surface area contributed by atoms with E-state index in [0.717, 1.165) is 16.5 Å². The van der Waals surface area contributed by atoms with E-state index in [-0.39, 0.29) is 5.75 Å². The molecule has 0 unspecified atom stereocenters. The first kappa shape index (κ1) is 8.88. The SMILES string of the molecule is CCc1c(Cl)cc(O)cc1Br. The fraction of sp³-hybridized carbons (Fsp3) is 0.250. The van der Waals surface area contributed by atoms with E-state index in [9.17, 15) is 0 Å². The van der Waals surface area contributed by atoms with Crippen molar-refractivity contribution >= 4 is 27.5 Å². The van der Waals surface area contributed by atoms with Gasteiger partial charge in [-0.15, -0.1) is 0 Å². The topological polar surface area (TPSA) is 20.2 Å². The molecule has 0 aliphatic carbocycles. The first-order valence-corrected chi connectivity index (χ1v) is 4.49. The summed E-state index contributed by atoms with van der Waals surface area (Å²) in [5, 5.41) is 9.71. The summed E-state index contributed by atoms with van der Waals surface area (Å²) in [5.41, 5.74) is 1.03. The van der Waals surface area contributed by atoms with Gasteiger partial charge in [-0.05, 0) is 24.1 Å². The predicted octanol–water partition coefficient (Wildman–Crippen LogP) is 3.37. The van der Waals surface area contributed by atoms with Crippen LogP contribution in [0.4, 0.5) is 0 Å². The molecule has 0 aliphatic heterocycles. The van der Waals surface area contributed by atoms with E-state index < -0.39 is 0 Å². The number of phenols is 1. The summed E-state index contributed by atoms with van der Waals surface area (Å²) in [6.45, 7) is 2.02. The van der Waals surface area contributed by atoms with Gasteiger partial charge < -0.3 is 5.11 Å². The van der Waals surface area contributed by atoms with E-state index >= 15 is 0 Å². The Kier molecular flexibility index (Phi) is 2.79. The lowest BCUT2D eigenvalue weighted by Crippen LogP contribution is -1.83. The van der Waals surface area contributed by atoms with Crippen molar-refractivity contribution in [1.29, 1.82) is 0 Å².